The number of hydrogen-bond acceptors (Lipinski definition) is 6. The molecule has 162 valence electrons. The van der Waals surface area contributed by atoms with Crippen molar-refractivity contribution in [3.63, 3.8) is 0 Å². The number of carbonyl (C=O) groups is 1. The molecule has 1 amide bonds. The van der Waals surface area contributed by atoms with Crippen LogP contribution in [0.1, 0.15) is 29.9 Å². The molecule has 5 rings (SSSR count). The second-order valence-corrected chi connectivity index (χ2v) is 8.90. The standard InChI is InChI=1S/C24H24N6OS/c1-15-22(32-24(27-15)28-23(31)16-9-12-25-13-10-16)17-5-7-19-20(29-30-21(19)14-17)8-6-18-4-2-3-11-26-18/h2-8,11,14,16,25H,9-10,12-13H2,1H3,(H,29,30)(H,27,28,31)/b8-6+. The van der Waals surface area contributed by atoms with Crippen molar-refractivity contribution in [2.75, 3.05) is 18.4 Å². The molecule has 1 fully saturated rings. The molecule has 1 saturated heterocycles. The van der Waals surface area contributed by atoms with E-state index in [4.69, 9.17) is 0 Å². The highest BCUT2D eigenvalue weighted by Gasteiger charge is 2.22. The summed E-state index contributed by atoms with van der Waals surface area (Å²) in [6.45, 7) is 3.76. The van der Waals surface area contributed by atoms with Crippen molar-refractivity contribution in [1.82, 2.24) is 25.5 Å². The van der Waals surface area contributed by atoms with E-state index in [2.05, 4.69) is 49.0 Å². The molecule has 0 aliphatic carbocycles. The summed E-state index contributed by atoms with van der Waals surface area (Å²) in [5.41, 5.74) is 4.67. The van der Waals surface area contributed by atoms with Gasteiger partial charge in [-0.05, 0) is 74.8 Å². The molecule has 32 heavy (non-hydrogen) atoms. The molecule has 0 saturated carbocycles. The van der Waals surface area contributed by atoms with Crippen molar-refractivity contribution in [3.05, 3.63) is 59.7 Å². The minimum atomic E-state index is 0.0582. The second-order valence-electron chi connectivity index (χ2n) is 7.90. The lowest BCUT2D eigenvalue weighted by Gasteiger charge is -2.20. The van der Waals surface area contributed by atoms with Gasteiger partial charge in [-0.25, -0.2) is 4.98 Å². The van der Waals surface area contributed by atoms with Crippen molar-refractivity contribution in [3.8, 4) is 10.4 Å². The number of rotatable bonds is 5. The first-order chi connectivity index (χ1) is 15.7. The first-order valence-electron chi connectivity index (χ1n) is 10.7. The Morgan fingerprint density at radius 2 is 2.06 bits per heavy atom. The Bertz CT molecular complexity index is 1270. The molecule has 0 bridgehead atoms. The number of nitrogens with zero attached hydrogens (tertiary/aromatic N) is 3. The Balaban J connectivity index is 1.36. The van der Waals surface area contributed by atoms with Gasteiger partial charge in [-0.1, -0.05) is 23.5 Å². The maximum Gasteiger partial charge on any atom is 0.229 e. The highest BCUT2D eigenvalue weighted by Crippen LogP contribution is 2.35. The fourth-order valence-electron chi connectivity index (χ4n) is 3.96. The zero-order chi connectivity index (χ0) is 21.9. The van der Waals surface area contributed by atoms with Gasteiger partial charge in [0.15, 0.2) is 5.13 Å². The molecule has 1 aliphatic heterocycles. The molecule has 4 heterocycles. The van der Waals surface area contributed by atoms with Crippen LogP contribution in [0.25, 0.3) is 33.5 Å². The van der Waals surface area contributed by atoms with Gasteiger partial charge in [0, 0.05) is 17.5 Å². The fourth-order valence-corrected chi connectivity index (χ4v) is 4.92. The van der Waals surface area contributed by atoms with Crippen LogP contribution in [-0.2, 0) is 4.79 Å². The number of anilines is 1. The van der Waals surface area contributed by atoms with Gasteiger partial charge in [0.05, 0.1) is 27.5 Å². The summed E-state index contributed by atoms with van der Waals surface area (Å²) in [5.74, 6) is 0.128. The number of benzene rings is 1. The number of fused-ring (bicyclic) bond motifs is 1. The molecular weight excluding hydrogens is 420 g/mol. The van der Waals surface area contributed by atoms with E-state index >= 15 is 0 Å². The van der Waals surface area contributed by atoms with Gasteiger partial charge in [-0.15, -0.1) is 0 Å². The number of piperidine rings is 1. The van der Waals surface area contributed by atoms with Crippen LogP contribution in [0.4, 0.5) is 5.13 Å². The molecule has 3 aromatic heterocycles. The fraction of sp³-hybridized carbons (Fsp3) is 0.250. The quantitative estimate of drug-likeness (QED) is 0.421. The molecule has 0 spiro atoms. The van der Waals surface area contributed by atoms with E-state index in [9.17, 15) is 4.79 Å². The average molecular weight is 445 g/mol. The summed E-state index contributed by atoms with van der Waals surface area (Å²) in [6, 6.07) is 12.0. The van der Waals surface area contributed by atoms with Crippen molar-refractivity contribution < 1.29 is 4.79 Å². The first kappa shape index (κ1) is 20.5. The van der Waals surface area contributed by atoms with Crippen molar-refractivity contribution in [1.29, 1.82) is 0 Å². The summed E-state index contributed by atoms with van der Waals surface area (Å²) in [6.07, 6.45) is 7.43. The minimum Gasteiger partial charge on any atom is -0.317 e. The molecule has 3 N–H and O–H groups in total. The molecule has 8 heteroatoms. The minimum absolute atomic E-state index is 0.0582. The summed E-state index contributed by atoms with van der Waals surface area (Å²) in [5, 5.41) is 15.6. The number of aromatic nitrogens is 4. The van der Waals surface area contributed by atoms with Crippen LogP contribution in [0, 0.1) is 12.8 Å². The molecule has 4 aromatic rings. The summed E-state index contributed by atoms with van der Waals surface area (Å²) >= 11 is 1.51. The zero-order valence-corrected chi connectivity index (χ0v) is 18.6. The van der Waals surface area contributed by atoms with E-state index in [0.29, 0.717) is 5.13 Å². The maximum absolute atomic E-state index is 12.6. The number of amides is 1. The predicted molar refractivity (Wildman–Crippen MR) is 129 cm³/mol. The van der Waals surface area contributed by atoms with Crippen LogP contribution in [0.5, 0.6) is 0 Å². The van der Waals surface area contributed by atoms with Crippen molar-refractivity contribution >= 4 is 45.4 Å². The van der Waals surface area contributed by atoms with E-state index in [0.717, 1.165) is 64.4 Å². The van der Waals surface area contributed by atoms with Crippen molar-refractivity contribution in [2.45, 2.75) is 19.8 Å². The van der Waals surface area contributed by atoms with Crippen LogP contribution < -0.4 is 10.6 Å². The van der Waals surface area contributed by atoms with Crippen LogP contribution in [-0.4, -0.2) is 39.2 Å². The summed E-state index contributed by atoms with van der Waals surface area (Å²) < 4.78 is 0. The molecule has 0 atom stereocenters. The van der Waals surface area contributed by atoms with E-state index in [-0.39, 0.29) is 11.8 Å². The van der Waals surface area contributed by atoms with Gasteiger partial charge in [0.2, 0.25) is 5.91 Å². The predicted octanol–water partition coefficient (Wildman–Crippen LogP) is 4.50. The first-order valence-corrected chi connectivity index (χ1v) is 11.6. The molecule has 0 unspecified atom stereocenters. The second kappa shape index (κ2) is 9.02. The number of aryl methyl sites for hydroxylation is 1. The number of hydrogen-bond donors (Lipinski definition) is 3. The zero-order valence-electron chi connectivity index (χ0n) is 17.8. The number of pyridine rings is 1. The van der Waals surface area contributed by atoms with E-state index in [1.807, 2.05) is 37.3 Å². The molecule has 1 aromatic carbocycles. The lowest BCUT2D eigenvalue weighted by atomic mass is 9.97. The summed E-state index contributed by atoms with van der Waals surface area (Å²) in [4.78, 5) is 22.5. The normalized spacial score (nSPS) is 14.9. The summed E-state index contributed by atoms with van der Waals surface area (Å²) in [7, 11) is 0. The molecule has 7 nitrogen and oxygen atoms in total. The van der Waals surface area contributed by atoms with Crippen molar-refractivity contribution in [2.24, 2.45) is 5.92 Å². The Morgan fingerprint density at radius 1 is 1.19 bits per heavy atom. The number of aromatic amines is 1. The van der Waals surface area contributed by atoms with Crippen LogP contribution in [0.3, 0.4) is 0 Å². The van der Waals surface area contributed by atoms with Gasteiger partial charge < -0.3 is 10.6 Å². The topological polar surface area (TPSA) is 95.6 Å². The Labute approximate surface area is 190 Å². The molecular formula is C24H24N6OS. The molecule has 0 radical (unpaired) electrons. The number of nitrogens with one attached hydrogen (secondary N) is 3. The maximum atomic E-state index is 12.6. The highest BCUT2D eigenvalue weighted by atomic mass is 32.1. The van der Waals surface area contributed by atoms with E-state index in [1.54, 1.807) is 6.20 Å². The van der Waals surface area contributed by atoms with Crippen LogP contribution in [0.15, 0.2) is 42.6 Å². The van der Waals surface area contributed by atoms with E-state index in [1.165, 1.54) is 11.3 Å². The number of carbonyl (C=O) groups excluding carboxylic acids is 1. The number of H-pyrrole nitrogens is 1. The Kier molecular flexibility index (Phi) is 5.79. The third kappa shape index (κ3) is 4.32. The van der Waals surface area contributed by atoms with Gasteiger partial charge in [-0.3, -0.25) is 14.9 Å². The van der Waals surface area contributed by atoms with E-state index < -0.39 is 0 Å². The monoisotopic (exact) mass is 444 g/mol. The van der Waals surface area contributed by atoms with Gasteiger partial charge in [0.1, 0.15) is 0 Å². The van der Waals surface area contributed by atoms with Gasteiger partial charge >= 0.3 is 0 Å². The third-order valence-corrected chi connectivity index (χ3v) is 6.81. The van der Waals surface area contributed by atoms with Gasteiger partial charge in [0.25, 0.3) is 0 Å². The van der Waals surface area contributed by atoms with Gasteiger partial charge in [-0.2, -0.15) is 5.10 Å². The Hall–Kier alpha value is -3.36. The lowest BCUT2D eigenvalue weighted by molar-refractivity contribution is -0.120. The number of thiazole rings is 1. The average Bonchev–Trinajstić information content (AvgIpc) is 3.41. The smallest absolute Gasteiger partial charge is 0.229 e. The SMILES string of the molecule is Cc1nc(NC(=O)C2CCNCC2)sc1-c1ccc2c(/C=C/c3ccccn3)n[nH]c2c1. The molecule has 1 aliphatic rings. The van der Waals surface area contributed by atoms with Crippen LogP contribution in [0.2, 0.25) is 0 Å². The Morgan fingerprint density at radius 3 is 2.88 bits per heavy atom. The van der Waals surface area contributed by atoms with Crippen LogP contribution >= 0.6 is 11.3 Å². The highest BCUT2D eigenvalue weighted by molar-refractivity contribution is 7.19. The largest absolute Gasteiger partial charge is 0.317 e. The lowest BCUT2D eigenvalue weighted by Crippen LogP contribution is -2.34. The third-order valence-electron chi connectivity index (χ3n) is 5.69.